The highest BCUT2D eigenvalue weighted by Gasteiger charge is 2.39. The van der Waals surface area contributed by atoms with Gasteiger partial charge >= 0.3 is 0 Å². The molecule has 0 aromatic heterocycles. The highest BCUT2D eigenvalue weighted by molar-refractivity contribution is 5.96. The predicted molar refractivity (Wildman–Crippen MR) is 125 cm³/mol. The van der Waals surface area contributed by atoms with E-state index in [2.05, 4.69) is 28.8 Å². The van der Waals surface area contributed by atoms with Gasteiger partial charge in [-0.25, -0.2) is 0 Å². The number of rotatable bonds is 4. The Balaban J connectivity index is 0.00000160. The first-order valence-electron chi connectivity index (χ1n) is 10.1. The molecule has 2 N–H and O–H groups in total. The molecule has 0 radical (unpaired) electrons. The number of anilines is 1. The number of nitriles is 1. The van der Waals surface area contributed by atoms with E-state index in [1.165, 1.54) is 5.56 Å². The molecule has 5 nitrogen and oxygen atoms in total. The molecular weight excluding hydrogens is 419 g/mol. The quantitative estimate of drug-likeness (QED) is 0.753. The summed E-state index contributed by atoms with van der Waals surface area (Å²) >= 11 is 0. The molecule has 160 valence electrons. The van der Waals surface area contributed by atoms with Crippen molar-refractivity contribution in [3.63, 3.8) is 0 Å². The molecule has 2 aliphatic heterocycles. The number of hydrogen-bond acceptors (Lipinski definition) is 4. The zero-order valence-corrected chi connectivity index (χ0v) is 18.4. The number of carbonyl (C=O) groups excluding carboxylic acids is 1. The monoisotopic (exact) mass is 446 g/mol. The molecular formula is C23H28Cl2N4O. The normalized spacial score (nSPS) is 21.0. The van der Waals surface area contributed by atoms with Gasteiger partial charge in [-0.05, 0) is 55.8 Å². The number of nitrogens with zero attached hydrogens (tertiary/aromatic N) is 2. The summed E-state index contributed by atoms with van der Waals surface area (Å²) in [5.41, 5.74) is 2.73. The zero-order valence-electron chi connectivity index (χ0n) is 16.8. The van der Waals surface area contributed by atoms with E-state index in [4.69, 9.17) is 5.26 Å². The van der Waals surface area contributed by atoms with E-state index in [0.29, 0.717) is 12.1 Å². The molecule has 4 rings (SSSR count). The van der Waals surface area contributed by atoms with Crippen LogP contribution in [0.25, 0.3) is 0 Å². The van der Waals surface area contributed by atoms with E-state index in [0.717, 1.165) is 38.2 Å². The summed E-state index contributed by atoms with van der Waals surface area (Å²) < 4.78 is 0. The second-order valence-corrected chi connectivity index (χ2v) is 7.63. The minimum atomic E-state index is -0.0760. The van der Waals surface area contributed by atoms with Crippen molar-refractivity contribution in [2.24, 2.45) is 5.92 Å². The van der Waals surface area contributed by atoms with E-state index < -0.39 is 0 Å². The maximum absolute atomic E-state index is 13.8. The molecule has 2 atom stereocenters. The summed E-state index contributed by atoms with van der Waals surface area (Å²) in [7, 11) is 0. The Morgan fingerprint density at radius 1 is 0.933 bits per heavy atom. The van der Waals surface area contributed by atoms with Gasteiger partial charge in [0.1, 0.15) is 0 Å². The van der Waals surface area contributed by atoms with Crippen molar-refractivity contribution in [1.82, 2.24) is 10.6 Å². The molecule has 2 aliphatic rings. The van der Waals surface area contributed by atoms with Gasteiger partial charge in [-0.15, -0.1) is 24.8 Å². The van der Waals surface area contributed by atoms with Crippen molar-refractivity contribution in [3.8, 4) is 6.07 Å². The van der Waals surface area contributed by atoms with Gasteiger partial charge in [-0.2, -0.15) is 5.26 Å². The van der Waals surface area contributed by atoms with Crippen LogP contribution in [0.1, 0.15) is 29.9 Å². The smallest absolute Gasteiger partial charge is 0.232 e. The average Bonchev–Trinajstić information content (AvgIpc) is 3.26. The molecule has 0 saturated carbocycles. The number of hydrogen-bond donors (Lipinski definition) is 2. The lowest BCUT2D eigenvalue weighted by atomic mass is 9.87. The van der Waals surface area contributed by atoms with Crippen LogP contribution in [0.2, 0.25) is 0 Å². The third-order valence-corrected chi connectivity index (χ3v) is 5.94. The summed E-state index contributed by atoms with van der Waals surface area (Å²) in [5, 5.41) is 15.9. The standard InChI is InChI=1S/C23H26N4O.2ClH/c24-14-17-6-8-19(9-7-17)27(20-10-12-25-13-11-20)23(28)22-16-26-15-21(22)18-4-2-1-3-5-18;;/h1-9,20-22,25-26H,10-13,15-16H2;2*1H/t21-,22+;;/m0../s1. The summed E-state index contributed by atoms with van der Waals surface area (Å²) in [4.78, 5) is 15.8. The van der Waals surface area contributed by atoms with Gasteiger partial charge in [0, 0.05) is 30.7 Å². The van der Waals surface area contributed by atoms with Crippen molar-refractivity contribution in [1.29, 1.82) is 5.26 Å². The Morgan fingerprint density at radius 2 is 1.60 bits per heavy atom. The van der Waals surface area contributed by atoms with Crippen molar-refractivity contribution in [2.75, 3.05) is 31.1 Å². The van der Waals surface area contributed by atoms with Crippen LogP contribution in [0.4, 0.5) is 5.69 Å². The summed E-state index contributed by atoms with van der Waals surface area (Å²) in [6.07, 6.45) is 1.89. The van der Waals surface area contributed by atoms with Crippen molar-refractivity contribution in [2.45, 2.75) is 24.8 Å². The van der Waals surface area contributed by atoms with Crippen LogP contribution in [0.15, 0.2) is 54.6 Å². The minimum Gasteiger partial charge on any atom is -0.317 e. The Bertz CT molecular complexity index is 848. The van der Waals surface area contributed by atoms with Crippen LogP contribution in [-0.2, 0) is 4.79 Å². The fourth-order valence-electron chi connectivity index (χ4n) is 4.45. The van der Waals surface area contributed by atoms with Gasteiger partial charge < -0.3 is 15.5 Å². The van der Waals surface area contributed by atoms with Crippen LogP contribution in [0, 0.1) is 17.2 Å². The molecule has 0 spiro atoms. The fourth-order valence-corrected chi connectivity index (χ4v) is 4.45. The molecule has 2 aromatic rings. The van der Waals surface area contributed by atoms with Crippen molar-refractivity contribution < 1.29 is 4.79 Å². The summed E-state index contributed by atoms with van der Waals surface area (Å²) in [6, 6.07) is 20.1. The van der Waals surface area contributed by atoms with Gasteiger partial charge in [0.25, 0.3) is 0 Å². The second kappa shape index (κ2) is 11.3. The van der Waals surface area contributed by atoms with Crippen LogP contribution < -0.4 is 15.5 Å². The molecule has 1 amide bonds. The number of amides is 1. The van der Waals surface area contributed by atoms with E-state index in [9.17, 15) is 4.79 Å². The van der Waals surface area contributed by atoms with Gasteiger partial charge in [-0.1, -0.05) is 30.3 Å². The van der Waals surface area contributed by atoms with Crippen LogP contribution in [0.5, 0.6) is 0 Å². The van der Waals surface area contributed by atoms with E-state index in [1.54, 1.807) is 12.1 Å². The predicted octanol–water partition coefficient (Wildman–Crippen LogP) is 3.49. The maximum Gasteiger partial charge on any atom is 0.232 e. The lowest BCUT2D eigenvalue weighted by Gasteiger charge is -2.37. The Labute approximate surface area is 190 Å². The van der Waals surface area contributed by atoms with Crippen molar-refractivity contribution >= 4 is 36.4 Å². The lowest BCUT2D eigenvalue weighted by molar-refractivity contribution is -0.122. The fraction of sp³-hybridized carbons (Fsp3) is 0.391. The first-order valence-corrected chi connectivity index (χ1v) is 10.1. The third kappa shape index (κ3) is 5.14. The van der Waals surface area contributed by atoms with E-state index >= 15 is 0 Å². The van der Waals surface area contributed by atoms with Crippen LogP contribution in [0.3, 0.4) is 0 Å². The summed E-state index contributed by atoms with van der Waals surface area (Å²) in [6.45, 7) is 3.38. The molecule has 2 fully saturated rings. The van der Waals surface area contributed by atoms with E-state index in [-0.39, 0.29) is 48.6 Å². The Kier molecular flexibility index (Phi) is 9.13. The molecule has 2 saturated heterocycles. The van der Waals surface area contributed by atoms with Crippen LogP contribution >= 0.6 is 24.8 Å². The lowest BCUT2D eigenvalue weighted by Crippen LogP contribution is -2.49. The highest BCUT2D eigenvalue weighted by Crippen LogP contribution is 2.33. The topological polar surface area (TPSA) is 68.2 Å². The first-order chi connectivity index (χ1) is 13.8. The maximum atomic E-state index is 13.8. The molecule has 2 aromatic carbocycles. The van der Waals surface area contributed by atoms with Gasteiger partial charge in [0.15, 0.2) is 0 Å². The third-order valence-electron chi connectivity index (χ3n) is 5.94. The molecule has 0 bridgehead atoms. The Morgan fingerprint density at radius 3 is 2.23 bits per heavy atom. The zero-order chi connectivity index (χ0) is 19.3. The molecule has 7 heteroatoms. The minimum absolute atomic E-state index is 0. The number of nitrogens with one attached hydrogen (secondary N) is 2. The van der Waals surface area contributed by atoms with E-state index in [1.807, 2.05) is 35.2 Å². The number of halogens is 2. The molecule has 30 heavy (non-hydrogen) atoms. The molecule has 2 heterocycles. The Hall–Kier alpha value is -2.10. The largest absolute Gasteiger partial charge is 0.317 e. The number of piperidine rings is 1. The number of benzene rings is 2. The highest BCUT2D eigenvalue weighted by atomic mass is 35.5. The SMILES string of the molecule is Cl.Cl.N#Cc1ccc(N(C(=O)[C@@H]2CNC[C@H]2c2ccccc2)C2CCNCC2)cc1. The van der Waals surface area contributed by atoms with Crippen molar-refractivity contribution in [3.05, 3.63) is 65.7 Å². The van der Waals surface area contributed by atoms with Gasteiger partial charge in [-0.3, -0.25) is 4.79 Å². The first kappa shape index (κ1) is 24.2. The molecule has 0 aliphatic carbocycles. The second-order valence-electron chi connectivity index (χ2n) is 7.63. The number of carbonyl (C=O) groups is 1. The molecule has 0 unspecified atom stereocenters. The van der Waals surface area contributed by atoms with Gasteiger partial charge in [0.05, 0.1) is 17.6 Å². The van der Waals surface area contributed by atoms with Gasteiger partial charge in [0.2, 0.25) is 5.91 Å². The summed E-state index contributed by atoms with van der Waals surface area (Å²) in [5.74, 6) is 0.305. The van der Waals surface area contributed by atoms with Crippen LogP contribution in [-0.4, -0.2) is 38.1 Å². The average molecular weight is 447 g/mol.